The molecule has 5 heteroatoms. The third kappa shape index (κ3) is 3.32. The monoisotopic (exact) mass is 476 g/mol. The summed E-state index contributed by atoms with van der Waals surface area (Å²) in [4.78, 5) is 7.13. The lowest BCUT2D eigenvalue weighted by atomic mass is 9.68. The molecule has 3 aliphatic heterocycles. The van der Waals surface area contributed by atoms with Gasteiger partial charge < -0.3 is 9.47 Å². The minimum atomic E-state index is -1.07. The lowest BCUT2D eigenvalue weighted by Gasteiger charge is -2.55. The molecule has 2 aromatic carbocycles. The molecule has 5 nitrogen and oxygen atoms in total. The van der Waals surface area contributed by atoms with Gasteiger partial charge in [-0.25, -0.2) is 4.84 Å². The second-order valence-electron chi connectivity index (χ2n) is 12.3. The Labute approximate surface area is 210 Å². The van der Waals surface area contributed by atoms with E-state index in [1.54, 1.807) is 0 Å². The van der Waals surface area contributed by atoms with Crippen LogP contribution in [0.1, 0.15) is 77.8 Å². The van der Waals surface area contributed by atoms with Gasteiger partial charge in [0.1, 0.15) is 5.60 Å². The van der Waals surface area contributed by atoms with Crippen LogP contribution in [0.2, 0.25) is 0 Å². The van der Waals surface area contributed by atoms with Crippen molar-refractivity contribution in [2.75, 3.05) is 6.61 Å². The van der Waals surface area contributed by atoms with Gasteiger partial charge in [-0.15, -0.1) is 0 Å². The van der Waals surface area contributed by atoms with Gasteiger partial charge in [-0.2, -0.15) is 5.06 Å². The molecule has 1 N–H and O–H groups in total. The first-order valence-electron chi connectivity index (χ1n) is 13.4. The average molecular weight is 477 g/mol. The Hall–Kier alpha value is -1.76. The molecule has 1 aliphatic carbocycles. The van der Waals surface area contributed by atoms with Crippen molar-refractivity contribution in [1.29, 1.82) is 0 Å². The molecule has 4 atom stereocenters. The van der Waals surface area contributed by atoms with Crippen molar-refractivity contribution in [2.45, 2.75) is 101 Å². The summed E-state index contributed by atoms with van der Waals surface area (Å²) in [5.41, 5.74) is 0.625. The van der Waals surface area contributed by atoms with Gasteiger partial charge >= 0.3 is 0 Å². The molecule has 0 unspecified atom stereocenters. The van der Waals surface area contributed by atoms with Gasteiger partial charge in [0, 0.05) is 5.54 Å². The van der Waals surface area contributed by atoms with E-state index < -0.39 is 22.7 Å². The van der Waals surface area contributed by atoms with Crippen LogP contribution < -0.4 is 5.32 Å². The smallest absolute Gasteiger partial charge is 0.278 e. The van der Waals surface area contributed by atoms with Gasteiger partial charge in [-0.05, 0) is 64.5 Å². The standard InChI is InChI=1S/C30H40N2O3/c1-26(2)21-33-30(31-26)28(5)29(34-28,24-19-13-8-14-20-24)25(22-15-9-6-10-16-22)32(35-30)27(3,4)23-17-11-7-12-18-23/h7-8,11-14,17-20,22,25,31H,6,9-10,15-16,21H2,1-5H3/t25-,28-,29-,30+/m0/s1. The van der Waals surface area contributed by atoms with Crippen LogP contribution in [0.5, 0.6) is 0 Å². The van der Waals surface area contributed by atoms with Gasteiger partial charge in [-0.1, -0.05) is 79.9 Å². The van der Waals surface area contributed by atoms with E-state index in [-0.39, 0.29) is 11.6 Å². The maximum atomic E-state index is 7.13. The summed E-state index contributed by atoms with van der Waals surface area (Å²) in [5.74, 6) is -0.593. The number of nitrogens with zero attached hydrogens (tertiary/aromatic N) is 1. The fraction of sp³-hybridized carbons (Fsp3) is 0.600. The summed E-state index contributed by atoms with van der Waals surface area (Å²) < 4.78 is 13.6. The van der Waals surface area contributed by atoms with Crippen LogP contribution in [-0.2, 0) is 25.5 Å². The molecule has 2 aromatic rings. The van der Waals surface area contributed by atoms with E-state index >= 15 is 0 Å². The quantitative estimate of drug-likeness (QED) is 0.561. The Balaban J connectivity index is 1.55. The number of hydrogen-bond donors (Lipinski definition) is 1. The average Bonchev–Trinajstić information content (AvgIpc) is 3.41. The zero-order valence-corrected chi connectivity index (χ0v) is 21.8. The fourth-order valence-electron chi connectivity index (χ4n) is 7.10. The Kier molecular flexibility index (Phi) is 5.31. The highest BCUT2D eigenvalue weighted by molar-refractivity contribution is 5.41. The number of hydroxylamine groups is 2. The molecular formula is C30H40N2O3. The van der Waals surface area contributed by atoms with Crippen LogP contribution in [0.25, 0.3) is 0 Å². The zero-order valence-electron chi connectivity index (χ0n) is 21.8. The normalized spacial score (nSPS) is 37.3. The van der Waals surface area contributed by atoms with Crippen molar-refractivity contribution in [3.05, 3.63) is 71.8 Å². The first-order valence-corrected chi connectivity index (χ1v) is 13.4. The van der Waals surface area contributed by atoms with Gasteiger partial charge in [0.15, 0.2) is 5.60 Å². The molecule has 0 radical (unpaired) electrons. The van der Waals surface area contributed by atoms with E-state index in [2.05, 4.69) is 106 Å². The second-order valence-corrected chi connectivity index (χ2v) is 12.3. The van der Waals surface area contributed by atoms with Gasteiger partial charge in [0.05, 0.1) is 18.2 Å². The summed E-state index contributed by atoms with van der Waals surface area (Å²) in [7, 11) is 0. The van der Waals surface area contributed by atoms with Crippen LogP contribution in [0.15, 0.2) is 60.7 Å². The van der Waals surface area contributed by atoms with Crippen LogP contribution in [0.4, 0.5) is 0 Å². The molecule has 4 aliphatic rings. The molecule has 3 heterocycles. The van der Waals surface area contributed by atoms with Crippen LogP contribution in [0.3, 0.4) is 0 Å². The molecule has 188 valence electrons. The Morgan fingerprint density at radius 2 is 1.51 bits per heavy atom. The van der Waals surface area contributed by atoms with E-state index in [1.807, 2.05) is 0 Å². The summed E-state index contributed by atoms with van der Waals surface area (Å²) in [5, 5.41) is 6.01. The van der Waals surface area contributed by atoms with E-state index in [0.717, 1.165) is 0 Å². The van der Waals surface area contributed by atoms with Crippen LogP contribution in [0, 0.1) is 5.92 Å². The lowest BCUT2D eigenvalue weighted by molar-refractivity contribution is -0.418. The van der Waals surface area contributed by atoms with E-state index in [4.69, 9.17) is 14.3 Å². The predicted octanol–water partition coefficient (Wildman–Crippen LogP) is 5.85. The highest BCUT2D eigenvalue weighted by Gasteiger charge is 2.88. The molecule has 1 spiro atoms. The minimum absolute atomic E-state index is 0.0603. The van der Waals surface area contributed by atoms with E-state index in [0.29, 0.717) is 12.5 Å². The molecule has 4 fully saturated rings. The number of hydrogen-bond acceptors (Lipinski definition) is 5. The number of benzene rings is 2. The van der Waals surface area contributed by atoms with Gasteiger partial charge in [-0.3, -0.25) is 5.32 Å². The number of ether oxygens (including phenoxy) is 2. The third-order valence-electron chi connectivity index (χ3n) is 9.03. The highest BCUT2D eigenvalue weighted by atomic mass is 16.9. The molecular weight excluding hydrogens is 436 g/mol. The van der Waals surface area contributed by atoms with Crippen molar-refractivity contribution in [1.82, 2.24) is 10.4 Å². The Morgan fingerprint density at radius 1 is 0.886 bits per heavy atom. The third-order valence-corrected chi connectivity index (χ3v) is 9.03. The lowest BCUT2D eigenvalue weighted by Crippen LogP contribution is -2.73. The molecule has 35 heavy (non-hydrogen) atoms. The highest BCUT2D eigenvalue weighted by Crippen LogP contribution is 2.70. The van der Waals surface area contributed by atoms with Crippen molar-refractivity contribution in [3.63, 3.8) is 0 Å². The van der Waals surface area contributed by atoms with Crippen molar-refractivity contribution >= 4 is 0 Å². The summed E-state index contributed by atoms with van der Waals surface area (Å²) >= 11 is 0. The molecule has 3 saturated heterocycles. The minimum Gasteiger partial charge on any atom is -0.348 e. The zero-order chi connectivity index (χ0) is 24.5. The van der Waals surface area contributed by atoms with Crippen molar-refractivity contribution in [2.24, 2.45) is 5.92 Å². The number of epoxide rings is 1. The number of nitrogens with one attached hydrogen (secondary N) is 1. The Bertz CT molecular complexity index is 1070. The fourth-order valence-corrected chi connectivity index (χ4v) is 7.10. The van der Waals surface area contributed by atoms with E-state index in [1.165, 1.54) is 43.2 Å². The molecule has 0 amide bonds. The van der Waals surface area contributed by atoms with Crippen LogP contribution >= 0.6 is 0 Å². The second kappa shape index (κ2) is 7.87. The molecule has 1 saturated carbocycles. The summed E-state index contributed by atoms with van der Waals surface area (Å²) in [6.45, 7) is 11.6. The molecule has 0 bridgehead atoms. The van der Waals surface area contributed by atoms with E-state index in [9.17, 15) is 0 Å². The molecule has 0 aromatic heterocycles. The van der Waals surface area contributed by atoms with Gasteiger partial charge in [0.2, 0.25) is 0 Å². The number of fused-ring (bicyclic) bond motifs is 2. The SMILES string of the molecule is CC1(C)CO[C@@]2(N1)ON(C(C)(C)c1ccccc1)[C@@H](C1CCCCC1)[C@]1(c3ccccc3)O[C@]21C. The van der Waals surface area contributed by atoms with Crippen molar-refractivity contribution in [3.8, 4) is 0 Å². The number of rotatable bonds is 4. The summed E-state index contributed by atoms with van der Waals surface area (Å²) in [6.07, 6.45) is 6.21. The first kappa shape index (κ1) is 23.6. The predicted molar refractivity (Wildman–Crippen MR) is 136 cm³/mol. The first-order chi connectivity index (χ1) is 16.7. The van der Waals surface area contributed by atoms with Crippen LogP contribution in [-0.4, -0.2) is 34.8 Å². The molecule has 6 rings (SSSR count). The van der Waals surface area contributed by atoms with Gasteiger partial charge in [0.25, 0.3) is 5.91 Å². The summed E-state index contributed by atoms with van der Waals surface area (Å²) in [6, 6.07) is 21.6. The topological polar surface area (TPSA) is 46.3 Å². The Morgan fingerprint density at radius 3 is 2.11 bits per heavy atom. The van der Waals surface area contributed by atoms with Crippen molar-refractivity contribution < 1.29 is 14.3 Å². The maximum absolute atomic E-state index is 7.13. The largest absolute Gasteiger partial charge is 0.348 e. The maximum Gasteiger partial charge on any atom is 0.278 e.